The van der Waals surface area contributed by atoms with Crippen LogP contribution in [-0.4, -0.2) is 121 Å². The number of fused-ring (bicyclic) bond motifs is 2. The number of unbranched alkanes of at least 4 members (excludes halogenated alkanes) is 21. The number of aryl methyl sites for hydroxylation is 2. The minimum absolute atomic E-state index is 0.0265. The maximum absolute atomic E-state index is 16.0. The van der Waals surface area contributed by atoms with Crippen LogP contribution in [0, 0.1) is 23.3 Å². The number of nitrogens with zero attached hydrogens (tertiary/aromatic N) is 9. The topological polar surface area (TPSA) is 291 Å². The summed E-state index contributed by atoms with van der Waals surface area (Å²) >= 11 is 16.2. The van der Waals surface area contributed by atoms with Crippen molar-refractivity contribution in [2.75, 3.05) is 44.4 Å². The first-order valence-corrected chi connectivity index (χ1v) is 46.1. The molecule has 0 saturated carbocycles. The Kier molecular flexibility index (Phi) is 45.6. The van der Waals surface area contributed by atoms with Gasteiger partial charge in [-0.2, -0.15) is 17.5 Å². The van der Waals surface area contributed by atoms with Crippen LogP contribution >= 0.6 is 135 Å². The van der Waals surface area contributed by atoms with Crippen LogP contribution in [0.1, 0.15) is 198 Å². The van der Waals surface area contributed by atoms with Crippen LogP contribution in [0.2, 0.25) is 0 Å². The van der Waals surface area contributed by atoms with E-state index in [1.807, 2.05) is 0 Å². The number of sulfonamides is 2. The molecule has 19 nitrogen and oxygen atoms in total. The summed E-state index contributed by atoms with van der Waals surface area (Å²) in [5.41, 5.74) is 7.71. The summed E-state index contributed by atoms with van der Waals surface area (Å²) in [7, 11) is 4.56. The molecule has 0 bridgehead atoms. The van der Waals surface area contributed by atoms with Crippen molar-refractivity contribution >= 4 is 194 Å². The van der Waals surface area contributed by atoms with Crippen LogP contribution in [0.25, 0.3) is 64.4 Å². The van der Waals surface area contributed by atoms with Crippen LogP contribution in [0.4, 0.5) is 17.6 Å². The second-order valence-corrected chi connectivity index (χ2v) is 36.8. The van der Waals surface area contributed by atoms with Gasteiger partial charge < -0.3 is 15.9 Å². The molecule has 8 aromatic rings. The Balaban J connectivity index is 0.000000384. The van der Waals surface area contributed by atoms with E-state index >= 15 is 17.6 Å². The Morgan fingerprint density at radius 3 is 1.09 bits per heavy atom. The average Bonchev–Trinajstić information content (AvgIpc) is 1.54. The molecule has 557 valence electrons. The van der Waals surface area contributed by atoms with Crippen LogP contribution < -0.4 is 15.2 Å². The monoisotopic (exact) mass is 1750 g/mol. The number of rotatable bonds is 42. The fourth-order valence-electron chi connectivity index (χ4n) is 10.0. The zero-order valence-electron chi connectivity index (χ0n) is 56.2. The number of thiazole rings is 4. The van der Waals surface area contributed by atoms with Gasteiger partial charge in [0, 0.05) is 84.1 Å². The Labute approximate surface area is 644 Å². The zero-order chi connectivity index (χ0) is 73.5. The normalized spacial score (nSPS) is 11.6. The quantitative estimate of drug-likeness (QED) is 0.00681. The number of benzene rings is 2. The number of hydrogen-bond acceptors (Lipinski definition) is 24. The summed E-state index contributed by atoms with van der Waals surface area (Å²) in [5.74, 6) is -4.85. The van der Waals surface area contributed by atoms with E-state index in [1.165, 1.54) is 116 Å². The number of aliphatic hydroxyl groups excluding tert-OH is 2. The number of halogens is 8. The number of aromatic nitrogens is 8. The van der Waals surface area contributed by atoms with Gasteiger partial charge in [-0.15, -0.1) is 45.3 Å². The number of nitrogens with one attached hydrogen (secondary N) is 2. The molecule has 0 aliphatic carbocycles. The summed E-state index contributed by atoms with van der Waals surface area (Å²) in [6.45, 7) is 8.10. The molecular weight excluding hydrogens is 1660 g/mol. The van der Waals surface area contributed by atoms with Crippen molar-refractivity contribution in [3.63, 3.8) is 0 Å². The van der Waals surface area contributed by atoms with Crippen molar-refractivity contribution in [2.45, 2.75) is 201 Å². The Morgan fingerprint density at radius 1 is 0.520 bits per heavy atom. The molecule has 38 heteroatoms. The summed E-state index contributed by atoms with van der Waals surface area (Å²) in [6, 6.07) is 0. The Morgan fingerprint density at radius 2 is 0.800 bits per heavy atom. The van der Waals surface area contributed by atoms with E-state index in [0.717, 1.165) is 114 Å². The second-order valence-electron chi connectivity index (χ2n) is 22.8. The van der Waals surface area contributed by atoms with Gasteiger partial charge in [-0.25, -0.2) is 68.0 Å². The minimum atomic E-state index is -3.57. The van der Waals surface area contributed by atoms with Crippen molar-refractivity contribution in [1.29, 1.82) is 0 Å². The van der Waals surface area contributed by atoms with Gasteiger partial charge in [0.15, 0.2) is 23.3 Å². The van der Waals surface area contributed by atoms with Gasteiger partial charge >= 0.3 is 24.8 Å². The van der Waals surface area contributed by atoms with Crippen LogP contribution in [0.3, 0.4) is 0 Å². The summed E-state index contributed by atoms with van der Waals surface area (Å²) < 4.78 is 148. The molecule has 0 amide bonds. The standard InChI is InChI=1S/C36H52Br2F2N6O4S5.C16H12F2N4O2S3.C10H23N.BHNS.Cl2OS/c1-3-5-7-9-11-13-15-17-21-41-54(47,48)23-19-25-33(37)51-35(43-25)27-29(39)30(40)28(32-31(27)45-53-46-32)36-44-26(34(38)52-36)20-24-55(49,50)42-22-18-16-14-12-10-8-6-4-2;17-11-9(15-19-7(1-3-23)5-25-15)13-14(22-27-21-13)10(12(11)18)16-20-8(2-4-24)6-26-16;1-2-3-4-5-6-7-8-9-10-11;1-2-3;1-4(2)3/h41-42H,3-24H2,1-2H3;5-6,23-24H,1-4H2;2-11H2,1H3;3H;. The Bertz CT molecular complexity index is 3720. The molecule has 1 radical (unpaired) electrons. The molecule has 0 spiro atoms. The van der Waals surface area contributed by atoms with Crippen LogP contribution in [-0.2, 0) is 55.0 Å². The van der Waals surface area contributed by atoms with Gasteiger partial charge in [-0.1, -0.05) is 156 Å². The van der Waals surface area contributed by atoms with Crippen molar-refractivity contribution in [2.24, 2.45) is 10.0 Å². The number of hydrogen-bond donors (Lipinski definition) is 6. The van der Waals surface area contributed by atoms with Crippen molar-refractivity contribution in [3.8, 4) is 42.3 Å². The molecule has 0 fully saturated rings. The van der Waals surface area contributed by atoms with Crippen molar-refractivity contribution < 1.29 is 48.8 Å². The van der Waals surface area contributed by atoms with E-state index in [9.17, 15) is 16.8 Å². The molecule has 8 rings (SSSR count). The van der Waals surface area contributed by atoms with Gasteiger partial charge in [-0.05, 0) is 57.7 Å². The molecule has 0 saturated heterocycles. The van der Waals surface area contributed by atoms with E-state index in [2.05, 4.69) is 146 Å². The number of nitrogens with two attached hydrogens (primary N) is 1. The Hall–Kier alpha value is -2.08. The van der Waals surface area contributed by atoms with Gasteiger partial charge in [0.25, 0.3) is 0 Å². The predicted octanol–water partition coefficient (Wildman–Crippen LogP) is 18.5. The average molecular weight is 1750 g/mol. The zero-order valence-corrected chi connectivity index (χ0v) is 69.1. The molecule has 2 aromatic carbocycles. The molecule has 0 aliphatic heterocycles. The fraction of sp³-hybridized carbons (Fsp3) is 0.613. The molecule has 0 atom stereocenters. The summed E-state index contributed by atoms with van der Waals surface area (Å²) in [6.07, 6.45) is 29.7. The fourth-order valence-corrected chi connectivity index (χ4v) is 18.3. The second kappa shape index (κ2) is 50.5. The summed E-state index contributed by atoms with van der Waals surface area (Å²) in [5, 5.41) is 22.3. The van der Waals surface area contributed by atoms with Gasteiger partial charge in [-0.3, -0.25) is 0 Å². The van der Waals surface area contributed by atoms with Crippen LogP contribution in [0.5, 0.6) is 0 Å². The van der Waals surface area contributed by atoms with Crippen molar-refractivity contribution in [3.05, 3.63) is 64.4 Å². The summed E-state index contributed by atoms with van der Waals surface area (Å²) in [4.78, 5) is 17.6. The van der Waals surface area contributed by atoms with E-state index in [0.29, 0.717) is 66.3 Å². The first-order chi connectivity index (χ1) is 48.1. The molecule has 0 aliphatic rings. The molecule has 0 unspecified atom stereocenters. The first-order valence-electron chi connectivity index (χ1n) is 33.2. The molecule has 100 heavy (non-hydrogen) atoms. The predicted molar refractivity (Wildman–Crippen MR) is 421 cm³/mol. The van der Waals surface area contributed by atoms with Crippen molar-refractivity contribution in [1.82, 2.24) is 46.9 Å². The molecular formula is C62H88BBr2Cl2F4N12O7S10. The molecule has 6 heterocycles. The van der Waals surface area contributed by atoms with Crippen LogP contribution in [0.15, 0.2) is 22.6 Å². The van der Waals surface area contributed by atoms with E-state index in [4.69, 9.17) is 20.2 Å². The van der Waals surface area contributed by atoms with E-state index in [1.54, 1.807) is 10.8 Å². The molecule has 6 aromatic heterocycles. The SMILES string of the molecule is CCCCCCCCCCN.CCCCCCCCCCNS(=O)(=O)CCc1nc(-c2c(F)c(F)c(-c3nc(CCS(=O)(=O)NCCCCCCCCCC)c(Br)s3)c3nsnc23)sc1Br.O=S(Cl)Cl.OCCc1csc(-c2c(F)c(F)c(-c3nc(CCO)cs3)c3nsnc23)n1.[B]=NS. The first kappa shape index (κ1) is 90.3. The number of aliphatic hydroxyl groups is 2. The van der Waals surface area contributed by atoms with Gasteiger partial charge in [0.2, 0.25) is 29.3 Å². The third-order valence-electron chi connectivity index (χ3n) is 15.2. The maximum atomic E-state index is 16.0. The molecule has 6 N–H and O–H groups in total. The van der Waals surface area contributed by atoms with Gasteiger partial charge in [0.05, 0.1) is 87.6 Å². The van der Waals surface area contributed by atoms with Gasteiger partial charge in [0.1, 0.15) is 42.1 Å². The van der Waals surface area contributed by atoms with E-state index < -0.39 is 52.5 Å². The number of thiol groups is 1. The third-order valence-corrected chi connectivity index (χ3v) is 24.5. The third kappa shape index (κ3) is 31.4. The van der Waals surface area contributed by atoms with E-state index in [-0.39, 0.29) is 91.9 Å².